The second-order valence-electron chi connectivity index (χ2n) is 4.69. The lowest BCUT2D eigenvalue weighted by atomic mass is 9.91. The van der Waals surface area contributed by atoms with Crippen LogP contribution in [0, 0.1) is 0 Å². The first-order chi connectivity index (χ1) is 8.63. The number of methoxy groups -OCH3 is 1. The molecule has 1 fully saturated rings. The number of nitrogens with zero attached hydrogens (tertiary/aromatic N) is 1. The minimum atomic E-state index is -0.394. The quantitative estimate of drug-likeness (QED) is 0.914. The molecule has 0 aromatic carbocycles. The summed E-state index contributed by atoms with van der Waals surface area (Å²) in [6.07, 6.45) is 3.40. The molecule has 0 saturated heterocycles. The summed E-state index contributed by atoms with van der Waals surface area (Å²) in [6, 6.07) is 1.69. The van der Waals surface area contributed by atoms with Crippen LogP contribution in [0.1, 0.15) is 35.4 Å². The highest BCUT2D eigenvalue weighted by atomic mass is 32.1. The molecular weight excluding hydrogens is 250 g/mol. The molecule has 0 radical (unpaired) electrons. The van der Waals surface area contributed by atoms with E-state index in [1.807, 2.05) is 5.38 Å². The zero-order valence-corrected chi connectivity index (χ0v) is 11.6. The first-order valence-corrected chi connectivity index (χ1v) is 7.09. The molecule has 1 aromatic rings. The normalized spacial score (nSPS) is 23.7. The lowest BCUT2D eigenvalue weighted by Crippen LogP contribution is -2.46. The maximum absolute atomic E-state index is 12.3. The highest BCUT2D eigenvalue weighted by molar-refractivity contribution is 7.12. The van der Waals surface area contributed by atoms with E-state index < -0.39 is 6.10 Å². The number of likely N-dealkylation sites (N-methyl/N-ethyl adjacent to an activating group) is 1. The first kappa shape index (κ1) is 13.4. The number of carbonyl (C=O) groups is 1. The van der Waals surface area contributed by atoms with Crippen LogP contribution < -0.4 is 4.74 Å². The van der Waals surface area contributed by atoms with Crippen LogP contribution in [0.4, 0.5) is 0 Å². The van der Waals surface area contributed by atoms with E-state index in [1.165, 1.54) is 11.3 Å². The number of hydrogen-bond donors (Lipinski definition) is 1. The van der Waals surface area contributed by atoms with Crippen LogP contribution in [0.25, 0.3) is 0 Å². The van der Waals surface area contributed by atoms with E-state index in [9.17, 15) is 9.90 Å². The summed E-state index contributed by atoms with van der Waals surface area (Å²) < 4.78 is 5.08. The van der Waals surface area contributed by atoms with Crippen LogP contribution in [0.15, 0.2) is 11.4 Å². The SMILES string of the molecule is COc1csc(C(=O)N(C)C2CCCCC2O)c1. The van der Waals surface area contributed by atoms with Crippen molar-refractivity contribution >= 4 is 17.2 Å². The van der Waals surface area contributed by atoms with Crippen LogP contribution in [-0.2, 0) is 0 Å². The van der Waals surface area contributed by atoms with Crippen LogP contribution in [0.3, 0.4) is 0 Å². The van der Waals surface area contributed by atoms with Gasteiger partial charge in [0, 0.05) is 18.5 Å². The fraction of sp³-hybridized carbons (Fsp3) is 0.615. The van der Waals surface area contributed by atoms with Gasteiger partial charge in [-0.3, -0.25) is 4.79 Å². The molecule has 1 aliphatic carbocycles. The topological polar surface area (TPSA) is 49.8 Å². The fourth-order valence-electron chi connectivity index (χ4n) is 2.41. The molecule has 4 nitrogen and oxygen atoms in total. The van der Waals surface area contributed by atoms with Crippen LogP contribution in [0.5, 0.6) is 5.75 Å². The van der Waals surface area contributed by atoms with Gasteiger partial charge in [-0.15, -0.1) is 11.3 Å². The maximum atomic E-state index is 12.3. The van der Waals surface area contributed by atoms with Gasteiger partial charge in [0.1, 0.15) is 5.75 Å². The van der Waals surface area contributed by atoms with Gasteiger partial charge in [0.15, 0.2) is 0 Å². The second kappa shape index (κ2) is 5.71. The Morgan fingerprint density at radius 2 is 2.22 bits per heavy atom. The second-order valence-corrected chi connectivity index (χ2v) is 5.60. The predicted octanol–water partition coefficient (Wildman–Crippen LogP) is 2.13. The predicted molar refractivity (Wildman–Crippen MR) is 71.2 cm³/mol. The van der Waals surface area contributed by atoms with E-state index in [2.05, 4.69) is 0 Å². The zero-order valence-electron chi connectivity index (χ0n) is 10.8. The molecular formula is C13H19NO3S. The van der Waals surface area contributed by atoms with Gasteiger partial charge in [-0.2, -0.15) is 0 Å². The van der Waals surface area contributed by atoms with E-state index in [4.69, 9.17) is 4.74 Å². The monoisotopic (exact) mass is 269 g/mol. The van der Waals surface area contributed by atoms with E-state index >= 15 is 0 Å². The third kappa shape index (κ3) is 2.67. The van der Waals surface area contributed by atoms with E-state index in [0.29, 0.717) is 10.6 Å². The van der Waals surface area contributed by atoms with Gasteiger partial charge in [0.25, 0.3) is 5.91 Å². The van der Waals surface area contributed by atoms with Gasteiger partial charge in [0.05, 0.1) is 24.1 Å². The smallest absolute Gasteiger partial charge is 0.264 e. The minimum absolute atomic E-state index is 0.0331. The Labute approximate surface area is 111 Å². The molecule has 1 aromatic heterocycles. The van der Waals surface area contributed by atoms with Crippen molar-refractivity contribution in [2.24, 2.45) is 0 Å². The fourth-order valence-corrected chi connectivity index (χ4v) is 3.24. The summed E-state index contributed by atoms with van der Waals surface area (Å²) in [4.78, 5) is 14.6. The summed E-state index contributed by atoms with van der Waals surface area (Å²) in [7, 11) is 3.36. The van der Waals surface area contributed by atoms with Gasteiger partial charge in [0.2, 0.25) is 0 Å². The Morgan fingerprint density at radius 1 is 1.50 bits per heavy atom. The average molecular weight is 269 g/mol. The Bertz CT molecular complexity index is 418. The van der Waals surface area contributed by atoms with E-state index in [1.54, 1.807) is 25.1 Å². The number of aliphatic hydroxyl groups excluding tert-OH is 1. The van der Waals surface area contributed by atoms with Gasteiger partial charge in [-0.05, 0) is 12.8 Å². The Balaban J connectivity index is 2.07. The van der Waals surface area contributed by atoms with Gasteiger partial charge in [-0.1, -0.05) is 12.8 Å². The van der Waals surface area contributed by atoms with Crippen molar-refractivity contribution in [2.45, 2.75) is 37.8 Å². The Kier molecular flexibility index (Phi) is 4.24. The number of rotatable bonds is 3. The van der Waals surface area contributed by atoms with E-state index in [-0.39, 0.29) is 11.9 Å². The molecule has 18 heavy (non-hydrogen) atoms. The molecule has 0 spiro atoms. The van der Waals surface area contributed by atoms with Crippen molar-refractivity contribution in [2.75, 3.05) is 14.2 Å². The molecule has 1 saturated carbocycles. The summed E-state index contributed by atoms with van der Waals surface area (Å²) in [5, 5.41) is 11.8. The van der Waals surface area contributed by atoms with Crippen LogP contribution in [0.2, 0.25) is 0 Å². The molecule has 0 bridgehead atoms. The largest absolute Gasteiger partial charge is 0.496 e. The Hall–Kier alpha value is -1.07. The van der Waals surface area contributed by atoms with Crippen molar-refractivity contribution in [3.63, 3.8) is 0 Å². The molecule has 1 aliphatic rings. The molecule has 0 aliphatic heterocycles. The molecule has 2 rings (SSSR count). The number of thiophene rings is 1. The van der Waals surface area contributed by atoms with Gasteiger partial charge in [-0.25, -0.2) is 0 Å². The minimum Gasteiger partial charge on any atom is -0.496 e. The lowest BCUT2D eigenvalue weighted by Gasteiger charge is -2.34. The third-order valence-corrected chi connectivity index (χ3v) is 4.43. The molecule has 100 valence electrons. The van der Waals surface area contributed by atoms with E-state index in [0.717, 1.165) is 25.7 Å². The third-order valence-electron chi connectivity index (χ3n) is 3.53. The average Bonchev–Trinajstić information content (AvgIpc) is 2.86. The Morgan fingerprint density at radius 3 is 2.83 bits per heavy atom. The summed E-state index contributed by atoms with van der Waals surface area (Å²) >= 11 is 1.38. The van der Waals surface area contributed by atoms with Crippen LogP contribution >= 0.6 is 11.3 Å². The zero-order chi connectivity index (χ0) is 13.1. The standard InChI is InChI=1S/C13H19NO3S/c1-14(10-5-3-4-6-11(10)15)13(16)12-7-9(17-2)8-18-12/h7-8,10-11,15H,3-6H2,1-2H3. The van der Waals surface area contributed by atoms with Crippen molar-refractivity contribution in [1.29, 1.82) is 0 Å². The summed E-state index contributed by atoms with van der Waals surface area (Å²) in [5.74, 6) is 0.676. The number of aliphatic hydroxyl groups is 1. The molecule has 1 N–H and O–H groups in total. The molecule has 5 heteroatoms. The molecule has 2 unspecified atom stereocenters. The lowest BCUT2D eigenvalue weighted by molar-refractivity contribution is 0.0271. The van der Waals surface area contributed by atoms with Crippen molar-refractivity contribution in [3.05, 3.63) is 16.3 Å². The first-order valence-electron chi connectivity index (χ1n) is 6.21. The molecule has 2 atom stereocenters. The number of amides is 1. The number of hydrogen-bond acceptors (Lipinski definition) is 4. The van der Waals surface area contributed by atoms with Crippen LogP contribution in [-0.4, -0.2) is 42.2 Å². The van der Waals surface area contributed by atoms with Gasteiger partial charge < -0.3 is 14.7 Å². The highest BCUT2D eigenvalue weighted by Crippen LogP contribution is 2.26. The summed E-state index contributed by atoms with van der Waals surface area (Å²) in [5.41, 5.74) is 0. The highest BCUT2D eigenvalue weighted by Gasteiger charge is 2.30. The maximum Gasteiger partial charge on any atom is 0.264 e. The van der Waals surface area contributed by atoms with Crippen molar-refractivity contribution in [1.82, 2.24) is 4.90 Å². The van der Waals surface area contributed by atoms with Gasteiger partial charge >= 0.3 is 0 Å². The molecule has 1 amide bonds. The van der Waals surface area contributed by atoms with Crippen molar-refractivity contribution < 1.29 is 14.6 Å². The number of carbonyl (C=O) groups excluding carboxylic acids is 1. The summed E-state index contributed by atoms with van der Waals surface area (Å²) in [6.45, 7) is 0. The number of ether oxygens (including phenoxy) is 1. The van der Waals surface area contributed by atoms with Crippen molar-refractivity contribution in [3.8, 4) is 5.75 Å². The molecule has 1 heterocycles.